The molecule has 3 aromatic carbocycles. The van der Waals surface area contributed by atoms with Crippen LogP contribution in [-0.4, -0.2) is 40.8 Å². The van der Waals surface area contributed by atoms with Gasteiger partial charge < -0.3 is 19.7 Å². The number of aliphatic hydroxyl groups excluding tert-OH is 1. The highest BCUT2D eigenvalue weighted by atomic mass is 16.5. The smallest absolute Gasteiger partial charge is 0.336 e. The van der Waals surface area contributed by atoms with Gasteiger partial charge in [-0.2, -0.15) is 0 Å². The molecule has 36 heavy (non-hydrogen) atoms. The van der Waals surface area contributed by atoms with Gasteiger partial charge in [0, 0.05) is 29.9 Å². The van der Waals surface area contributed by atoms with E-state index in [4.69, 9.17) is 20.1 Å². The summed E-state index contributed by atoms with van der Waals surface area (Å²) in [4.78, 5) is 20.4. The number of hydrogen-bond acceptors (Lipinski definition) is 6. The summed E-state index contributed by atoms with van der Waals surface area (Å²) in [5.74, 6) is -0.267. The van der Waals surface area contributed by atoms with Gasteiger partial charge in [-0.25, -0.2) is 9.79 Å². The predicted octanol–water partition coefficient (Wildman–Crippen LogP) is 4.84. The van der Waals surface area contributed by atoms with Gasteiger partial charge in [-0.15, -0.1) is 0 Å². The zero-order valence-corrected chi connectivity index (χ0v) is 19.5. The number of nitrogens with zero attached hydrogens (tertiary/aromatic N) is 4. The molecule has 4 rings (SSSR count). The molecule has 0 fully saturated rings. The maximum Gasteiger partial charge on any atom is 0.336 e. The Morgan fingerprint density at radius 2 is 1.75 bits per heavy atom. The average molecular weight is 487 g/mol. The minimum atomic E-state index is -1.64. The molecule has 2 atom stereocenters. The monoisotopic (exact) mass is 486 g/mol. The maximum atomic E-state index is 12.9. The van der Waals surface area contributed by atoms with Gasteiger partial charge in [0.15, 0.2) is 6.10 Å². The first kappa shape index (κ1) is 24.8. The Morgan fingerprint density at radius 1 is 1.06 bits per heavy atom. The van der Waals surface area contributed by atoms with E-state index in [1.54, 1.807) is 24.3 Å². The van der Waals surface area contributed by atoms with Crippen LogP contribution in [0.15, 0.2) is 89.0 Å². The fraction of sp³-hybridized carbons (Fsp3) is 0.259. The molecule has 0 unspecified atom stereocenters. The number of ether oxygens (including phenoxy) is 2. The van der Waals surface area contributed by atoms with Gasteiger partial charge in [-0.3, -0.25) is 0 Å². The van der Waals surface area contributed by atoms with E-state index in [1.165, 1.54) is 0 Å². The van der Waals surface area contributed by atoms with Gasteiger partial charge in [-0.05, 0) is 46.5 Å². The molecule has 1 aliphatic rings. The maximum absolute atomic E-state index is 12.9. The lowest BCUT2D eigenvalue weighted by molar-refractivity contribution is -0.146. The summed E-state index contributed by atoms with van der Waals surface area (Å²) < 4.78 is 11.8. The number of hydrogen-bond donors (Lipinski definition) is 2. The molecule has 184 valence electrons. The van der Waals surface area contributed by atoms with Gasteiger partial charge in [0.25, 0.3) is 0 Å². The van der Waals surface area contributed by atoms with Gasteiger partial charge in [0.1, 0.15) is 5.75 Å². The number of aliphatic imine (C=N–C) groups is 1. The molecule has 0 bridgehead atoms. The molecular weight excluding hydrogens is 460 g/mol. The number of carbonyl (C=O) groups is 1. The molecule has 0 spiro atoms. The van der Waals surface area contributed by atoms with Crippen molar-refractivity contribution in [2.75, 3.05) is 13.2 Å². The Bertz CT molecular complexity index is 1270. The minimum absolute atomic E-state index is 0.0465. The minimum Gasteiger partial charge on any atom is -0.494 e. The van der Waals surface area contributed by atoms with Crippen molar-refractivity contribution < 1.29 is 24.5 Å². The Morgan fingerprint density at radius 3 is 2.42 bits per heavy atom. The van der Waals surface area contributed by atoms with Crippen LogP contribution in [0.4, 0.5) is 0 Å². The number of aliphatic carboxylic acids is 1. The third kappa shape index (κ3) is 5.33. The van der Waals surface area contributed by atoms with Crippen molar-refractivity contribution >= 4 is 11.9 Å². The molecule has 0 saturated carbocycles. The molecule has 0 amide bonds. The van der Waals surface area contributed by atoms with Crippen LogP contribution in [0.3, 0.4) is 0 Å². The molecule has 0 aromatic heterocycles. The van der Waals surface area contributed by atoms with Crippen molar-refractivity contribution in [3.8, 4) is 5.75 Å². The van der Waals surface area contributed by atoms with Crippen LogP contribution in [0.1, 0.15) is 34.8 Å². The normalized spacial score (nSPS) is 18.6. The van der Waals surface area contributed by atoms with Crippen molar-refractivity contribution in [2.24, 2.45) is 10.1 Å². The van der Waals surface area contributed by atoms with E-state index in [0.717, 1.165) is 11.1 Å². The number of carboxylic acid groups (broad SMARTS) is 1. The van der Waals surface area contributed by atoms with E-state index in [-0.39, 0.29) is 25.5 Å². The van der Waals surface area contributed by atoms with Gasteiger partial charge in [0.05, 0.1) is 13.2 Å². The SMILES string of the molecule is [N-]=[N+]=NCc1ccccc1C[C@@]1(C(=O)O)N=C(c2ccc(OCCCO)cc2)O[C@@H]1c1ccccc1. The van der Waals surface area contributed by atoms with E-state index in [2.05, 4.69) is 15.0 Å². The number of rotatable bonds is 11. The first-order valence-corrected chi connectivity index (χ1v) is 11.5. The van der Waals surface area contributed by atoms with Crippen molar-refractivity contribution in [3.05, 3.63) is 112 Å². The highest BCUT2D eigenvalue weighted by Crippen LogP contribution is 2.42. The van der Waals surface area contributed by atoms with Crippen LogP contribution in [0.5, 0.6) is 5.75 Å². The highest BCUT2D eigenvalue weighted by molar-refractivity contribution is 5.99. The molecule has 3 aromatic rings. The molecule has 0 radical (unpaired) electrons. The lowest BCUT2D eigenvalue weighted by Gasteiger charge is -2.28. The summed E-state index contributed by atoms with van der Waals surface area (Å²) in [6, 6.07) is 23.5. The van der Waals surface area contributed by atoms with Crippen LogP contribution < -0.4 is 4.74 Å². The molecule has 0 saturated heterocycles. The van der Waals surface area contributed by atoms with Crippen molar-refractivity contribution in [3.63, 3.8) is 0 Å². The second-order valence-corrected chi connectivity index (χ2v) is 8.34. The first-order chi connectivity index (χ1) is 17.6. The molecule has 2 N–H and O–H groups in total. The highest BCUT2D eigenvalue weighted by Gasteiger charge is 2.53. The van der Waals surface area contributed by atoms with Crippen LogP contribution in [0.25, 0.3) is 10.4 Å². The lowest BCUT2D eigenvalue weighted by atomic mass is 9.82. The van der Waals surface area contributed by atoms with Crippen LogP contribution in [0, 0.1) is 0 Å². The van der Waals surface area contributed by atoms with Crippen LogP contribution in [-0.2, 0) is 22.5 Å². The zero-order chi connectivity index (χ0) is 25.4. The summed E-state index contributed by atoms with van der Waals surface area (Å²) in [7, 11) is 0. The first-order valence-electron chi connectivity index (χ1n) is 11.5. The average Bonchev–Trinajstić information content (AvgIpc) is 3.30. The largest absolute Gasteiger partial charge is 0.494 e. The van der Waals surface area contributed by atoms with E-state index in [0.29, 0.717) is 29.9 Å². The van der Waals surface area contributed by atoms with Gasteiger partial charge in [-0.1, -0.05) is 59.7 Å². The standard InChI is InChI=1S/C27H26N4O5/c28-31-29-18-22-10-5-4-9-21(22)17-27(26(33)34)24(19-7-2-1-3-8-19)36-25(30-27)20-11-13-23(14-12-20)35-16-6-15-32/h1-5,7-14,24,32H,6,15-18H2,(H,33,34)/t24-,27-/m1/s1. The van der Waals surface area contributed by atoms with Crippen molar-refractivity contribution in [1.29, 1.82) is 0 Å². The van der Waals surface area contributed by atoms with Crippen molar-refractivity contribution in [2.45, 2.75) is 31.0 Å². The fourth-order valence-corrected chi connectivity index (χ4v) is 4.18. The van der Waals surface area contributed by atoms with E-state index >= 15 is 0 Å². The Kier molecular flexibility index (Phi) is 7.85. The fourth-order valence-electron chi connectivity index (χ4n) is 4.18. The third-order valence-electron chi connectivity index (χ3n) is 5.99. The Hall–Kier alpha value is -4.33. The van der Waals surface area contributed by atoms with Crippen molar-refractivity contribution in [1.82, 2.24) is 0 Å². The summed E-state index contributed by atoms with van der Waals surface area (Å²) in [5.41, 5.74) is 9.90. The number of aliphatic hydroxyl groups is 1. The molecular formula is C27H26N4O5. The van der Waals surface area contributed by atoms with E-state index < -0.39 is 17.6 Å². The van der Waals surface area contributed by atoms with Gasteiger partial charge >= 0.3 is 5.97 Å². The number of azide groups is 1. The predicted molar refractivity (Wildman–Crippen MR) is 134 cm³/mol. The second kappa shape index (κ2) is 11.4. The Balaban J connectivity index is 1.74. The summed E-state index contributed by atoms with van der Waals surface area (Å²) in [6.07, 6.45) is -0.303. The molecule has 1 heterocycles. The zero-order valence-electron chi connectivity index (χ0n) is 19.5. The molecule has 9 nitrogen and oxygen atoms in total. The lowest BCUT2D eigenvalue weighted by Crippen LogP contribution is -2.43. The number of benzene rings is 3. The summed E-state index contributed by atoms with van der Waals surface area (Å²) in [5, 5.41) is 23.1. The summed E-state index contributed by atoms with van der Waals surface area (Å²) in [6.45, 7) is 0.543. The van der Waals surface area contributed by atoms with E-state index in [9.17, 15) is 9.90 Å². The molecule has 1 aliphatic heterocycles. The quantitative estimate of drug-likeness (QED) is 0.173. The molecule has 0 aliphatic carbocycles. The molecule has 9 heteroatoms. The summed E-state index contributed by atoms with van der Waals surface area (Å²) >= 11 is 0. The van der Waals surface area contributed by atoms with Crippen LogP contribution >= 0.6 is 0 Å². The third-order valence-corrected chi connectivity index (χ3v) is 5.99. The number of carboxylic acids is 1. The Labute approximate surface area is 208 Å². The van der Waals surface area contributed by atoms with Gasteiger partial charge in [0.2, 0.25) is 11.4 Å². The van der Waals surface area contributed by atoms with E-state index in [1.807, 2.05) is 54.6 Å². The van der Waals surface area contributed by atoms with Crippen LogP contribution in [0.2, 0.25) is 0 Å². The topological polar surface area (TPSA) is 137 Å². The second-order valence-electron chi connectivity index (χ2n) is 8.34.